The Morgan fingerprint density at radius 3 is 2.58 bits per heavy atom. The number of nitrogens with zero attached hydrogens (tertiary/aromatic N) is 2. The molecule has 2 rings (SSSR count). The Labute approximate surface area is 113 Å². The van der Waals surface area contributed by atoms with Crippen LogP contribution in [0.25, 0.3) is 0 Å². The molecule has 0 aliphatic heterocycles. The summed E-state index contributed by atoms with van der Waals surface area (Å²) in [4.78, 5) is 12.3. The average molecular weight is 260 g/mol. The molecule has 0 N–H and O–H groups in total. The molecule has 102 valence electrons. The van der Waals surface area contributed by atoms with Gasteiger partial charge in [-0.05, 0) is 39.3 Å². The monoisotopic (exact) mass is 260 g/mol. The molecule has 0 radical (unpaired) electrons. The molecule has 2 heterocycles. The van der Waals surface area contributed by atoms with E-state index in [-0.39, 0.29) is 5.78 Å². The topological polar surface area (TPSA) is 48.0 Å². The summed E-state index contributed by atoms with van der Waals surface area (Å²) in [7, 11) is 0. The second-order valence-electron chi connectivity index (χ2n) is 4.72. The molecule has 0 bridgehead atoms. The number of aromatic nitrogens is 2. The molecular weight excluding hydrogens is 240 g/mol. The summed E-state index contributed by atoms with van der Waals surface area (Å²) < 4.78 is 7.31. The summed E-state index contributed by atoms with van der Waals surface area (Å²) in [6, 6.07) is 3.83. The third kappa shape index (κ3) is 2.78. The van der Waals surface area contributed by atoms with Crippen LogP contribution >= 0.6 is 0 Å². The Morgan fingerprint density at radius 2 is 2.05 bits per heavy atom. The van der Waals surface area contributed by atoms with Crippen LogP contribution in [0.4, 0.5) is 0 Å². The number of aryl methyl sites for hydroxylation is 4. The minimum Gasteiger partial charge on any atom is -0.466 e. The second-order valence-corrected chi connectivity index (χ2v) is 4.72. The maximum atomic E-state index is 12.3. The molecule has 0 unspecified atom stereocenters. The highest BCUT2D eigenvalue weighted by atomic mass is 16.3. The normalized spacial score (nSPS) is 10.9. The summed E-state index contributed by atoms with van der Waals surface area (Å²) in [6.07, 6.45) is 1.26. The Morgan fingerprint density at radius 1 is 1.32 bits per heavy atom. The highest BCUT2D eigenvalue weighted by Crippen LogP contribution is 2.17. The molecule has 19 heavy (non-hydrogen) atoms. The van der Waals surface area contributed by atoms with Gasteiger partial charge in [0.1, 0.15) is 11.5 Å². The fourth-order valence-electron chi connectivity index (χ4n) is 2.27. The summed E-state index contributed by atoms with van der Waals surface area (Å²) in [5, 5.41) is 4.46. The Balaban J connectivity index is 2.23. The van der Waals surface area contributed by atoms with Crippen LogP contribution in [0.2, 0.25) is 0 Å². The van der Waals surface area contributed by atoms with E-state index in [1.165, 1.54) is 0 Å². The molecule has 0 atom stereocenters. The van der Waals surface area contributed by atoms with E-state index in [0.29, 0.717) is 17.7 Å². The zero-order valence-corrected chi connectivity index (χ0v) is 12.0. The van der Waals surface area contributed by atoms with Crippen LogP contribution in [0.3, 0.4) is 0 Å². The highest BCUT2D eigenvalue weighted by Gasteiger charge is 2.16. The maximum Gasteiger partial charge on any atom is 0.172 e. The van der Waals surface area contributed by atoms with Crippen LogP contribution in [0.1, 0.15) is 47.1 Å². The van der Waals surface area contributed by atoms with E-state index in [1.54, 1.807) is 0 Å². The lowest BCUT2D eigenvalue weighted by molar-refractivity contribution is 0.0989. The summed E-state index contributed by atoms with van der Waals surface area (Å²) in [5.74, 6) is 1.56. The minimum atomic E-state index is 0.0894. The number of Topliss-reactive ketones (excluding diaryl/α,β-unsaturated/α-hetero) is 1. The molecule has 4 heteroatoms. The number of ketones is 1. The molecule has 2 aromatic rings. The predicted molar refractivity (Wildman–Crippen MR) is 73.5 cm³/mol. The van der Waals surface area contributed by atoms with Crippen molar-refractivity contribution in [2.75, 3.05) is 0 Å². The summed E-state index contributed by atoms with van der Waals surface area (Å²) >= 11 is 0. The standard InChI is InChI=1S/C15H20N2O2/c1-5-12-8-13(17(6-2)16-12)9-15(18)14-7-10(3)19-11(14)4/h7-8H,5-6,9H2,1-4H3. The Hall–Kier alpha value is -1.84. The van der Waals surface area contributed by atoms with E-state index in [0.717, 1.165) is 30.1 Å². The van der Waals surface area contributed by atoms with Crippen molar-refractivity contribution in [3.8, 4) is 0 Å². The Bertz CT molecular complexity index is 593. The predicted octanol–water partition coefficient (Wildman–Crippen LogP) is 3.10. The van der Waals surface area contributed by atoms with E-state index < -0.39 is 0 Å². The molecule has 2 aromatic heterocycles. The first-order chi connectivity index (χ1) is 9.05. The molecule has 0 amide bonds. The number of rotatable bonds is 5. The fourth-order valence-corrected chi connectivity index (χ4v) is 2.27. The third-order valence-corrected chi connectivity index (χ3v) is 3.26. The number of carbonyl (C=O) groups is 1. The van der Waals surface area contributed by atoms with E-state index in [4.69, 9.17) is 4.42 Å². The van der Waals surface area contributed by atoms with Crippen molar-refractivity contribution < 1.29 is 9.21 Å². The van der Waals surface area contributed by atoms with Crippen molar-refractivity contribution in [3.05, 3.63) is 40.6 Å². The van der Waals surface area contributed by atoms with Gasteiger partial charge in [0.15, 0.2) is 5.78 Å². The Kier molecular flexibility index (Phi) is 3.88. The van der Waals surface area contributed by atoms with E-state index >= 15 is 0 Å². The van der Waals surface area contributed by atoms with Crippen molar-refractivity contribution >= 4 is 5.78 Å². The molecule has 0 aromatic carbocycles. The number of furan rings is 1. The quantitative estimate of drug-likeness (QED) is 0.776. The largest absolute Gasteiger partial charge is 0.466 e. The van der Waals surface area contributed by atoms with Crippen LogP contribution in [-0.4, -0.2) is 15.6 Å². The molecule has 0 spiro atoms. The van der Waals surface area contributed by atoms with Crippen molar-refractivity contribution in [1.29, 1.82) is 0 Å². The van der Waals surface area contributed by atoms with Gasteiger partial charge in [-0.1, -0.05) is 6.92 Å². The van der Waals surface area contributed by atoms with Crippen LogP contribution in [0.5, 0.6) is 0 Å². The van der Waals surface area contributed by atoms with Crippen molar-refractivity contribution in [2.45, 2.75) is 47.1 Å². The molecule has 0 saturated heterocycles. The SMILES string of the molecule is CCc1cc(CC(=O)c2cc(C)oc2C)n(CC)n1. The summed E-state index contributed by atoms with van der Waals surface area (Å²) in [6.45, 7) is 8.57. The van der Waals surface area contributed by atoms with Gasteiger partial charge in [0, 0.05) is 12.2 Å². The molecule has 0 aliphatic carbocycles. The van der Waals surface area contributed by atoms with Gasteiger partial charge in [-0.3, -0.25) is 9.48 Å². The van der Waals surface area contributed by atoms with Crippen molar-refractivity contribution in [2.24, 2.45) is 0 Å². The van der Waals surface area contributed by atoms with Gasteiger partial charge in [0.05, 0.1) is 17.7 Å². The van der Waals surface area contributed by atoms with Gasteiger partial charge in [0.25, 0.3) is 0 Å². The van der Waals surface area contributed by atoms with E-state index in [1.807, 2.05) is 37.6 Å². The maximum absolute atomic E-state index is 12.3. The van der Waals surface area contributed by atoms with Gasteiger partial charge in [0.2, 0.25) is 0 Å². The fraction of sp³-hybridized carbons (Fsp3) is 0.467. The van der Waals surface area contributed by atoms with Gasteiger partial charge in [-0.25, -0.2) is 0 Å². The van der Waals surface area contributed by atoms with Gasteiger partial charge in [-0.15, -0.1) is 0 Å². The zero-order valence-electron chi connectivity index (χ0n) is 12.0. The average Bonchev–Trinajstić information content (AvgIpc) is 2.92. The molecule has 0 saturated carbocycles. The lowest BCUT2D eigenvalue weighted by Crippen LogP contribution is -2.09. The van der Waals surface area contributed by atoms with E-state index in [9.17, 15) is 4.79 Å². The summed E-state index contributed by atoms with van der Waals surface area (Å²) in [5.41, 5.74) is 2.69. The highest BCUT2D eigenvalue weighted by molar-refractivity contribution is 5.98. The molecule has 0 aliphatic rings. The van der Waals surface area contributed by atoms with E-state index in [2.05, 4.69) is 12.0 Å². The van der Waals surface area contributed by atoms with Gasteiger partial charge in [-0.2, -0.15) is 5.10 Å². The molecular formula is C15H20N2O2. The van der Waals surface area contributed by atoms with Crippen molar-refractivity contribution in [1.82, 2.24) is 9.78 Å². The van der Waals surface area contributed by atoms with Crippen LogP contribution in [0, 0.1) is 13.8 Å². The zero-order chi connectivity index (χ0) is 14.0. The lowest BCUT2D eigenvalue weighted by Gasteiger charge is -2.03. The van der Waals surface area contributed by atoms with Crippen LogP contribution in [0.15, 0.2) is 16.5 Å². The minimum absolute atomic E-state index is 0.0894. The first-order valence-electron chi connectivity index (χ1n) is 6.71. The number of hydrogen-bond donors (Lipinski definition) is 0. The third-order valence-electron chi connectivity index (χ3n) is 3.26. The number of carbonyl (C=O) groups excluding carboxylic acids is 1. The van der Waals surface area contributed by atoms with Crippen molar-refractivity contribution in [3.63, 3.8) is 0 Å². The first kappa shape index (κ1) is 13.6. The number of hydrogen-bond acceptors (Lipinski definition) is 3. The molecule has 4 nitrogen and oxygen atoms in total. The molecule has 0 fully saturated rings. The smallest absolute Gasteiger partial charge is 0.172 e. The van der Waals surface area contributed by atoms with Gasteiger partial charge < -0.3 is 4.42 Å². The second kappa shape index (κ2) is 5.43. The lowest BCUT2D eigenvalue weighted by atomic mass is 10.1. The first-order valence-corrected chi connectivity index (χ1v) is 6.71. The van der Waals surface area contributed by atoms with Crippen LogP contribution < -0.4 is 0 Å². The van der Waals surface area contributed by atoms with Gasteiger partial charge >= 0.3 is 0 Å². The van der Waals surface area contributed by atoms with Crippen LogP contribution in [-0.2, 0) is 19.4 Å².